The summed E-state index contributed by atoms with van der Waals surface area (Å²) >= 11 is 12.1. The molecule has 0 aromatic rings. The molecule has 0 spiro atoms. The Kier molecular flexibility index (Phi) is 1.33. The van der Waals surface area contributed by atoms with Crippen molar-refractivity contribution in [2.24, 2.45) is 11.3 Å². The zero-order valence-electron chi connectivity index (χ0n) is 6.16. The van der Waals surface area contributed by atoms with Crippen LogP contribution in [0.2, 0.25) is 0 Å². The topological polar surface area (TPSA) is 0 Å². The van der Waals surface area contributed by atoms with Crippen LogP contribution in [0.5, 0.6) is 0 Å². The van der Waals surface area contributed by atoms with E-state index in [0.29, 0.717) is 11.3 Å². The van der Waals surface area contributed by atoms with E-state index in [1.165, 1.54) is 12.8 Å². The van der Waals surface area contributed by atoms with Crippen LogP contribution in [0.1, 0.15) is 26.2 Å². The molecule has 10 heavy (non-hydrogen) atoms. The smallest absolute Gasteiger partial charge is 0.0460 e. The van der Waals surface area contributed by atoms with Crippen LogP contribution >= 0.6 is 23.2 Å². The maximum absolute atomic E-state index is 6.24. The highest BCUT2D eigenvalue weighted by molar-refractivity contribution is 6.25. The van der Waals surface area contributed by atoms with Crippen LogP contribution in [-0.4, -0.2) is 10.8 Å². The van der Waals surface area contributed by atoms with E-state index in [2.05, 4.69) is 6.92 Å². The summed E-state index contributed by atoms with van der Waals surface area (Å²) < 4.78 is 0. The van der Waals surface area contributed by atoms with Crippen LogP contribution in [-0.2, 0) is 0 Å². The van der Waals surface area contributed by atoms with Gasteiger partial charge in [-0.05, 0) is 30.6 Å². The van der Waals surface area contributed by atoms with E-state index in [1.807, 2.05) is 0 Å². The lowest BCUT2D eigenvalue weighted by Crippen LogP contribution is -2.37. The van der Waals surface area contributed by atoms with E-state index in [4.69, 9.17) is 23.2 Å². The van der Waals surface area contributed by atoms with E-state index in [0.717, 1.165) is 12.3 Å². The zero-order valence-corrected chi connectivity index (χ0v) is 7.67. The Balaban J connectivity index is 2.16. The molecule has 58 valence electrons. The first kappa shape index (κ1) is 7.24. The normalized spacial score (nSPS) is 58.5. The second-order valence-electron chi connectivity index (χ2n) is 4.21. The minimum absolute atomic E-state index is 0.161. The zero-order chi connectivity index (χ0) is 7.41. The summed E-state index contributed by atoms with van der Waals surface area (Å²) in [5.74, 6) is 1.48. The van der Waals surface area contributed by atoms with Gasteiger partial charge in [0.05, 0.1) is 0 Å². The number of fused-ring (bicyclic) bond motifs is 1. The molecule has 3 saturated carbocycles. The molecule has 1 atom stereocenters. The van der Waals surface area contributed by atoms with Crippen LogP contribution in [0.4, 0.5) is 0 Å². The Morgan fingerprint density at radius 1 is 1.50 bits per heavy atom. The Morgan fingerprint density at radius 2 is 2.10 bits per heavy atom. The largest absolute Gasteiger partial charge is 0.126 e. The molecule has 0 amide bonds. The van der Waals surface area contributed by atoms with Crippen molar-refractivity contribution < 1.29 is 0 Å². The molecule has 0 radical (unpaired) electrons. The van der Waals surface area contributed by atoms with Crippen LogP contribution in [0.15, 0.2) is 0 Å². The summed E-state index contributed by atoms with van der Waals surface area (Å²) in [6.45, 7) is 2.31. The predicted octanol–water partition coefficient (Wildman–Crippen LogP) is 3.02. The van der Waals surface area contributed by atoms with Crippen molar-refractivity contribution in [3.05, 3.63) is 0 Å². The molecule has 3 fully saturated rings. The van der Waals surface area contributed by atoms with Crippen LogP contribution in [0.25, 0.3) is 0 Å². The van der Waals surface area contributed by atoms with Crippen LogP contribution in [0.3, 0.4) is 0 Å². The Hall–Kier alpha value is 0.580. The summed E-state index contributed by atoms with van der Waals surface area (Å²) in [5.41, 5.74) is 0.503. The molecule has 3 aliphatic rings. The summed E-state index contributed by atoms with van der Waals surface area (Å²) in [7, 11) is 0. The van der Waals surface area contributed by atoms with Crippen molar-refractivity contribution in [2.45, 2.75) is 31.1 Å². The molecule has 3 rings (SSSR count). The predicted molar refractivity (Wildman–Crippen MR) is 44.8 cm³/mol. The first-order valence-electron chi connectivity index (χ1n) is 3.83. The lowest BCUT2D eigenvalue weighted by molar-refractivity contribution is 0.155. The highest BCUT2D eigenvalue weighted by atomic mass is 35.5. The molecular formula is C8H12Cl2. The van der Waals surface area contributed by atoms with Gasteiger partial charge in [0, 0.05) is 10.8 Å². The van der Waals surface area contributed by atoms with Crippen molar-refractivity contribution in [1.29, 1.82) is 0 Å². The van der Waals surface area contributed by atoms with Crippen molar-refractivity contribution >= 4 is 23.2 Å². The summed E-state index contributed by atoms with van der Waals surface area (Å²) in [5, 5.41) is 0. The van der Waals surface area contributed by atoms with Gasteiger partial charge in [0.1, 0.15) is 0 Å². The average Bonchev–Trinajstić information content (AvgIpc) is 2.13. The lowest BCUT2D eigenvalue weighted by atomic mass is 9.68. The lowest BCUT2D eigenvalue weighted by Gasteiger charge is -2.42. The van der Waals surface area contributed by atoms with Crippen molar-refractivity contribution in [1.82, 2.24) is 0 Å². The fourth-order valence-electron chi connectivity index (χ4n) is 2.76. The maximum atomic E-state index is 6.24. The van der Waals surface area contributed by atoms with Gasteiger partial charge in [-0.25, -0.2) is 0 Å². The molecule has 0 aliphatic heterocycles. The summed E-state index contributed by atoms with van der Waals surface area (Å²) in [6.07, 6.45) is 3.53. The molecule has 0 N–H and O–H groups in total. The monoisotopic (exact) mass is 178 g/mol. The van der Waals surface area contributed by atoms with Gasteiger partial charge in [-0.15, -0.1) is 23.2 Å². The summed E-state index contributed by atoms with van der Waals surface area (Å²) in [4.78, 5) is 0.161. The maximum Gasteiger partial charge on any atom is 0.0460 e. The molecule has 0 unspecified atom stereocenters. The molecule has 0 nitrogen and oxygen atoms in total. The Bertz CT molecular complexity index is 159. The van der Waals surface area contributed by atoms with Gasteiger partial charge in [-0.2, -0.15) is 0 Å². The SMILES string of the molecule is CC12CC(Cl)(C[C@H]1CCl)C2. The quantitative estimate of drug-likeness (QED) is 0.542. The fourth-order valence-corrected chi connectivity index (χ4v) is 4.04. The summed E-state index contributed by atoms with van der Waals surface area (Å²) in [6, 6.07) is 0. The van der Waals surface area contributed by atoms with Crippen LogP contribution < -0.4 is 0 Å². The molecule has 0 aromatic heterocycles. The molecule has 0 saturated heterocycles. The second-order valence-corrected chi connectivity index (χ2v) is 5.32. The number of alkyl halides is 2. The van der Waals surface area contributed by atoms with Gasteiger partial charge >= 0.3 is 0 Å². The van der Waals surface area contributed by atoms with Crippen LogP contribution in [0, 0.1) is 11.3 Å². The van der Waals surface area contributed by atoms with Crippen molar-refractivity contribution in [2.75, 3.05) is 5.88 Å². The number of hydrogen-bond donors (Lipinski definition) is 0. The van der Waals surface area contributed by atoms with Crippen molar-refractivity contribution in [3.8, 4) is 0 Å². The van der Waals surface area contributed by atoms with Gasteiger partial charge in [0.15, 0.2) is 0 Å². The molecule has 3 aliphatic carbocycles. The third-order valence-electron chi connectivity index (χ3n) is 3.23. The highest BCUT2D eigenvalue weighted by Crippen LogP contribution is 2.67. The third kappa shape index (κ3) is 0.753. The molecule has 2 heteroatoms. The molecular weight excluding hydrogens is 167 g/mol. The van der Waals surface area contributed by atoms with Gasteiger partial charge in [-0.3, -0.25) is 0 Å². The van der Waals surface area contributed by atoms with Gasteiger partial charge in [0.25, 0.3) is 0 Å². The van der Waals surface area contributed by atoms with Gasteiger partial charge < -0.3 is 0 Å². The highest BCUT2D eigenvalue weighted by Gasteiger charge is 2.62. The van der Waals surface area contributed by atoms with E-state index < -0.39 is 0 Å². The molecule has 0 aromatic carbocycles. The number of halogens is 2. The number of rotatable bonds is 1. The molecule has 2 bridgehead atoms. The van der Waals surface area contributed by atoms with E-state index >= 15 is 0 Å². The van der Waals surface area contributed by atoms with E-state index in [9.17, 15) is 0 Å². The van der Waals surface area contributed by atoms with Gasteiger partial charge in [0.2, 0.25) is 0 Å². The average molecular weight is 179 g/mol. The van der Waals surface area contributed by atoms with Crippen molar-refractivity contribution in [3.63, 3.8) is 0 Å². The Morgan fingerprint density at radius 3 is 2.30 bits per heavy atom. The standard InChI is InChI=1S/C8H12Cl2/c1-7-4-8(10,5-7)2-6(7)3-9/h6H,2-5H2,1H3/t6-,7?,8?/m0/s1. The third-order valence-corrected chi connectivity index (χ3v) is 4.02. The first-order valence-corrected chi connectivity index (χ1v) is 4.74. The van der Waals surface area contributed by atoms with E-state index in [-0.39, 0.29) is 4.87 Å². The van der Waals surface area contributed by atoms with Gasteiger partial charge in [-0.1, -0.05) is 6.92 Å². The van der Waals surface area contributed by atoms with E-state index in [1.54, 1.807) is 0 Å². The fraction of sp³-hybridized carbons (Fsp3) is 1.00. The minimum Gasteiger partial charge on any atom is -0.126 e. The Labute approximate surface area is 71.9 Å². The first-order chi connectivity index (χ1) is 4.58. The minimum atomic E-state index is 0.161. The second kappa shape index (κ2) is 1.84. The molecule has 0 heterocycles. The number of hydrogen-bond acceptors (Lipinski definition) is 0.